The van der Waals surface area contributed by atoms with Crippen LogP contribution in [-0.2, 0) is 16.5 Å². The molecular weight excluding hydrogens is 238 g/mol. The molecule has 1 aromatic carbocycles. The van der Waals surface area contributed by atoms with E-state index >= 15 is 0 Å². The predicted octanol–water partition coefficient (Wildman–Crippen LogP) is 3.42. The zero-order valence-corrected chi connectivity index (χ0v) is 9.10. The van der Waals surface area contributed by atoms with Crippen LogP contribution in [-0.4, -0.2) is 6.08 Å². The molecule has 0 bridgehead atoms. The molecule has 0 heterocycles. The SMILES string of the molecule is CC(C)(N=C=O)c1ccc(C(F)(F)F)c(F)c1. The van der Waals surface area contributed by atoms with Gasteiger partial charge < -0.3 is 0 Å². The molecule has 17 heavy (non-hydrogen) atoms. The molecule has 6 heteroatoms. The van der Waals surface area contributed by atoms with Crippen molar-refractivity contribution in [2.45, 2.75) is 25.6 Å². The van der Waals surface area contributed by atoms with Crippen LogP contribution in [0.1, 0.15) is 25.0 Å². The van der Waals surface area contributed by atoms with Crippen molar-refractivity contribution >= 4 is 6.08 Å². The molecule has 0 unspecified atom stereocenters. The fraction of sp³-hybridized carbons (Fsp3) is 0.364. The molecule has 1 aromatic rings. The lowest BCUT2D eigenvalue weighted by molar-refractivity contribution is -0.140. The number of hydrogen-bond donors (Lipinski definition) is 0. The normalized spacial score (nSPS) is 12.1. The third-order valence-electron chi connectivity index (χ3n) is 2.31. The van der Waals surface area contributed by atoms with Crippen LogP contribution in [0.2, 0.25) is 0 Å². The third-order valence-corrected chi connectivity index (χ3v) is 2.31. The third kappa shape index (κ3) is 2.91. The molecule has 0 radical (unpaired) electrons. The summed E-state index contributed by atoms with van der Waals surface area (Å²) in [6.07, 6.45) is -3.43. The van der Waals surface area contributed by atoms with E-state index in [1.165, 1.54) is 19.9 Å². The highest BCUT2D eigenvalue weighted by molar-refractivity contribution is 5.38. The first-order valence-corrected chi connectivity index (χ1v) is 4.65. The molecule has 0 aromatic heterocycles. The number of benzene rings is 1. The molecule has 0 aliphatic rings. The Kier molecular flexibility index (Phi) is 3.38. The highest BCUT2D eigenvalue weighted by Gasteiger charge is 2.34. The zero-order valence-electron chi connectivity index (χ0n) is 9.10. The molecular formula is C11H9F4NO. The van der Waals surface area contributed by atoms with E-state index in [4.69, 9.17) is 0 Å². The Bertz CT molecular complexity index is 473. The van der Waals surface area contributed by atoms with Crippen molar-refractivity contribution in [2.24, 2.45) is 4.99 Å². The molecule has 0 atom stereocenters. The first kappa shape index (κ1) is 13.4. The largest absolute Gasteiger partial charge is 0.419 e. The first-order valence-electron chi connectivity index (χ1n) is 4.65. The second-order valence-electron chi connectivity index (χ2n) is 3.95. The van der Waals surface area contributed by atoms with Gasteiger partial charge in [-0.25, -0.2) is 9.18 Å². The molecule has 0 fully saturated rings. The number of rotatable bonds is 2. The van der Waals surface area contributed by atoms with Gasteiger partial charge in [-0.3, -0.25) is 0 Å². The van der Waals surface area contributed by atoms with Gasteiger partial charge in [0.15, 0.2) is 0 Å². The Balaban J connectivity index is 3.27. The molecule has 0 saturated carbocycles. The molecule has 0 spiro atoms. The van der Waals surface area contributed by atoms with Gasteiger partial charge in [0.1, 0.15) is 5.82 Å². The van der Waals surface area contributed by atoms with E-state index < -0.39 is 23.1 Å². The summed E-state index contributed by atoms with van der Waals surface area (Å²) in [7, 11) is 0. The molecule has 0 saturated heterocycles. The van der Waals surface area contributed by atoms with Crippen molar-refractivity contribution < 1.29 is 22.4 Å². The maximum absolute atomic E-state index is 13.3. The second kappa shape index (κ2) is 4.30. The maximum atomic E-state index is 13.3. The summed E-state index contributed by atoms with van der Waals surface area (Å²) in [6, 6.07) is 2.45. The van der Waals surface area contributed by atoms with Crippen LogP contribution in [0.25, 0.3) is 0 Å². The highest BCUT2D eigenvalue weighted by atomic mass is 19.4. The van der Waals surface area contributed by atoms with E-state index in [0.717, 1.165) is 12.1 Å². The lowest BCUT2D eigenvalue weighted by Crippen LogP contribution is -2.16. The number of aliphatic imine (C=N–C) groups is 1. The van der Waals surface area contributed by atoms with Gasteiger partial charge in [0, 0.05) is 0 Å². The van der Waals surface area contributed by atoms with Gasteiger partial charge >= 0.3 is 6.18 Å². The fourth-order valence-electron chi connectivity index (χ4n) is 1.30. The molecule has 0 aliphatic heterocycles. The molecule has 92 valence electrons. The van der Waals surface area contributed by atoms with Gasteiger partial charge in [-0.2, -0.15) is 18.2 Å². The Labute approximate surface area is 95.0 Å². The number of nitrogens with zero attached hydrogens (tertiary/aromatic N) is 1. The Morgan fingerprint density at radius 2 is 1.82 bits per heavy atom. The van der Waals surface area contributed by atoms with Gasteiger partial charge in [0.05, 0.1) is 11.1 Å². The minimum absolute atomic E-state index is 0.173. The summed E-state index contributed by atoms with van der Waals surface area (Å²) in [5.41, 5.74) is -2.27. The van der Waals surface area contributed by atoms with E-state index in [2.05, 4.69) is 4.99 Å². The van der Waals surface area contributed by atoms with Crippen molar-refractivity contribution in [1.29, 1.82) is 0 Å². The number of halogens is 4. The first-order chi connectivity index (χ1) is 7.68. The summed E-state index contributed by atoms with van der Waals surface area (Å²) < 4.78 is 50.2. The average Bonchev–Trinajstić information content (AvgIpc) is 2.15. The standard InChI is InChI=1S/C11H9F4NO/c1-10(2,16-6-17)7-3-4-8(9(12)5-7)11(13,14)15/h3-5H,1-2H3. The molecule has 0 aliphatic carbocycles. The summed E-state index contributed by atoms with van der Waals surface area (Å²) >= 11 is 0. The summed E-state index contributed by atoms with van der Waals surface area (Å²) in [4.78, 5) is 13.5. The highest BCUT2D eigenvalue weighted by Crippen LogP contribution is 2.34. The van der Waals surface area contributed by atoms with Crippen molar-refractivity contribution in [3.8, 4) is 0 Å². The number of carbonyl (C=O) groups excluding carboxylic acids is 1. The van der Waals surface area contributed by atoms with E-state index in [1.54, 1.807) is 0 Å². The van der Waals surface area contributed by atoms with E-state index in [-0.39, 0.29) is 5.56 Å². The van der Waals surface area contributed by atoms with Crippen molar-refractivity contribution in [3.05, 3.63) is 35.1 Å². The topological polar surface area (TPSA) is 29.4 Å². The van der Waals surface area contributed by atoms with Crippen molar-refractivity contribution in [2.75, 3.05) is 0 Å². The van der Waals surface area contributed by atoms with Gasteiger partial charge in [-0.1, -0.05) is 6.07 Å². The summed E-state index contributed by atoms with van der Waals surface area (Å²) in [6.45, 7) is 2.94. The smallest absolute Gasteiger partial charge is 0.211 e. The van der Waals surface area contributed by atoms with E-state index in [9.17, 15) is 22.4 Å². The predicted molar refractivity (Wildman–Crippen MR) is 52.5 cm³/mol. The van der Waals surface area contributed by atoms with Crippen LogP contribution >= 0.6 is 0 Å². The van der Waals surface area contributed by atoms with Gasteiger partial charge in [-0.15, -0.1) is 0 Å². The van der Waals surface area contributed by atoms with Crippen molar-refractivity contribution in [3.63, 3.8) is 0 Å². The van der Waals surface area contributed by atoms with Crippen LogP contribution in [0, 0.1) is 5.82 Å². The molecule has 0 amide bonds. The number of isocyanates is 1. The van der Waals surface area contributed by atoms with Crippen molar-refractivity contribution in [1.82, 2.24) is 0 Å². The van der Waals surface area contributed by atoms with Gasteiger partial charge in [0.25, 0.3) is 0 Å². The van der Waals surface area contributed by atoms with Gasteiger partial charge in [0.2, 0.25) is 6.08 Å². The monoisotopic (exact) mass is 247 g/mol. The minimum atomic E-state index is -4.74. The number of hydrogen-bond acceptors (Lipinski definition) is 2. The van der Waals surface area contributed by atoms with E-state index in [1.807, 2.05) is 0 Å². The van der Waals surface area contributed by atoms with Crippen LogP contribution < -0.4 is 0 Å². The van der Waals surface area contributed by atoms with Crippen LogP contribution in [0.4, 0.5) is 17.6 Å². The average molecular weight is 247 g/mol. The Morgan fingerprint density at radius 3 is 2.24 bits per heavy atom. The van der Waals surface area contributed by atoms with Crippen LogP contribution in [0.3, 0.4) is 0 Å². The second-order valence-corrected chi connectivity index (χ2v) is 3.95. The summed E-state index contributed by atoms with van der Waals surface area (Å²) in [5, 5.41) is 0. The lowest BCUT2D eigenvalue weighted by atomic mass is 9.94. The van der Waals surface area contributed by atoms with Crippen LogP contribution in [0.5, 0.6) is 0 Å². The minimum Gasteiger partial charge on any atom is -0.211 e. The zero-order chi connectivity index (χ0) is 13.3. The molecule has 2 nitrogen and oxygen atoms in total. The van der Waals surface area contributed by atoms with E-state index in [0.29, 0.717) is 6.07 Å². The fourth-order valence-corrected chi connectivity index (χ4v) is 1.30. The quantitative estimate of drug-likeness (QED) is 0.447. The molecule has 1 rings (SSSR count). The Hall–Kier alpha value is -1.68. The summed E-state index contributed by atoms with van der Waals surface area (Å²) in [5.74, 6) is -1.39. The maximum Gasteiger partial charge on any atom is 0.419 e. The Morgan fingerprint density at radius 1 is 1.24 bits per heavy atom. The lowest BCUT2D eigenvalue weighted by Gasteiger charge is -2.19. The van der Waals surface area contributed by atoms with Crippen LogP contribution in [0.15, 0.2) is 23.2 Å². The van der Waals surface area contributed by atoms with Gasteiger partial charge in [-0.05, 0) is 31.5 Å². The number of alkyl halides is 3. The molecule has 0 N–H and O–H groups in total.